The third kappa shape index (κ3) is 4.93. The molecule has 56 heavy (non-hydrogen) atoms. The Kier molecular flexibility index (Phi) is 7.58. The highest BCUT2D eigenvalue weighted by molar-refractivity contribution is 6.14. The molecule has 8 aromatic carbocycles. The van der Waals surface area contributed by atoms with Crippen LogP contribution < -0.4 is 10.6 Å². The molecule has 2 unspecified atom stereocenters. The highest BCUT2D eigenvalue weighted by atomic mass is 15.3. The monoisotopic (exact) mass is 718 g/mol. The molecule has 4 nitrogen and oxygen atoms in total. The lowest BCUT2D eigenvalue weighted by atomic mass is 9.67. The van der Waals surface area contributed by atoms with Gasteiger partial charge in [-0.25, -0.2) is 4.99 Å². The Bertz CT molecular complexity index is 2870. The first-order valence-electron chi connectivity index (χ1n) is 19.4. The summed E-state index contributed by atoms with van der Waals surface area (Å²) in [6.07, 6.45) is -0.405. The maximum Gasteiger partial charge on any atom is 0.131 e. The zero-order chi connectivity index (χ0) is 37.1. The highest BCUT2D eigenvalue weighted by Gasteiger charge is 2.48. The van der Waals surface area contributed by atoms with Crippen molar-refractivity contribution >= 4 is 27.6 Å². The Morgan fingerprint density at radius 2 is 1.12 bits per heavy atom. The maximum absolute atomic E-state index is 5.32. The molecule has 9 aromatic rings. The number of nitrogens with one attached hydrogen (secondary N) is 2. The molecule has 1 aliphatic heterocycles. The summed E-state index contributed by atoms with van der Waals surface area (Å²) in [4.78, 5) is 5.32. The number of hydrogen-bond donors (Lipinski definition) is 2. The van der Waals surface area contributed by atoms with Gasteiger partial charge in [0.15, 0.2) is 0 Å². The smallest absolute Gasteiger partial charge is 0.131 e. The molecule has 0 radical (unpaired) electrons. The van der Waals surface area contributed by atoms with E-state index in [1.807, 2.05) is 6.07 Å². The van der Waals surface area contributed by atoms with E-state index >= 15 is 0 Å². The zero-order valence-corrected chi connectivity index (χ0v) is 30.7. The molecule has 2 aliphatic rings. The fraction of sp³-hybridized carbons (Fsp3) is 0.0577. The van der Waals surface area contributed by atoms with Crippen molar-refractivity contribution in [2.24, 2.45) is 4.99 Å². The molecule has 0 saturated heterocycles. The molecule has 4 heteroatoms. The molecule has 0 saturated carbocycles. The van der Waals surface area contributed by atoms with Crippen molar-refractivity contribution in [2.45, 2.75) is 17.7 Å². The SMILES string of the molecule is c1ccc(C2=NC(c3cccc(-n4c5ccccc5c5ccc6c(c54)C(c4ccccc4)(c4ccccc4)c4ccccc4-6)c3)NC(c3ccccc3)N2)cc1. The molecule has 0 fully saturated rings. The van der Waals surface area contributed by atoms with Gasteiger partial charge in [-0.15, -0.1) is 0 Å². The van der Waals surface area contributed by atoms with Gasteiger partial charge < -0.3 is 9.88 Å². The number of nitrogens with zero attached hydrogens (tertiary/aromatic N) is 2. The van der Waals surface area contributed by atoms with Gasteiger partial charge >= 0.3 is 0 Å². The number of amidine groups is 1. The van der Waals surface area contributed by atoms with Crippen molar-refractivity contribution in [3.8, 4) is 16.8 Å². The Balaban J connectivity index is 1.18. The van der Waals surface area contributed by atoms with Crippen LogP contribution in [0.1, 0.15) is 51.3 Å². The first-order valence-corrected chi connectivity index (χ1v) is 19.4. The third-order valence-electron chi connectivity index (χ3n) is 11.7. The molecule has 1 aliphatic carbocycles. The van der Waals surface area contributed by atoms with Gasteiger partial charge in [0, 0.05) is 27.6 Å². The summed E-state index contributed by atoms with van der Waals surface area (Å²) < 4.78 is 2.51. The van der Waals surface area contributed by atoms with Crippen molar-refractivity contribution in [1.29, 1.82) is 0 Å². The lowest BCUT2D eigenvalue weighted by Gasteiger charge is -2.34. The van der Waals surface area contributed by atoms with E-state index in [1.54, 1.807) is 0 Å². The first-order chi connectivity index (χ1) is 27.8. The van der Waals surface area contributed by atoms with Crippen LogP contribution in [0.2, 0.25) is 0 Å². The molecule has 0 amide bonds. The van der Waals surface area contributed by atoms with Gasteiger partial charge in [-0.3, -0.25) is 5.32 Å². The standard InChI is InChI=1S/C52H38N4/c1-5-18-35(19-6-1)49-53-50(36-20-7-2-8-21-36)55-51(54-49)37-22-17-27-40(34-37)56-46-31-16-14-29-42(46)44-33-32-43-41-28-13-15-30-45(41)52(47(43)48(44)56,38-23-9-3-10-24-38)39-25-11-4-12-26-39/h1-34,49,51,54H,(H,53,55). The average Bonchev–Trinajstić information content (AvgIpc) is 3.79. The zero-order valence-electron chi connectivity index (χ0n) is 30.7. The van der Waals surface area contributed by atoms with Crippen molar-refractivity contribution < 1.29 is 0 Å². The molecule has 0 bridgehead atoms. The van der Waals surface area contributed by atoms with E-state index in [-0.39, 0.29) is 12.3 Å². The molecular formula is C52H38N4. The van der Waals surface area contributed by atoms with Crippen LogP contribution in [0.3, 0.4) is 0 Å². The Hall–Kier alpha value is -7.01. The minimum absolute atomic E-state index is 0.120. The summed E-state index contributed by atoms with van der Waals surface area (Å²) in [5, 5.41) is 9.99. The largest absolute Gasteiger partial charge is 0.350 e. The van der Waals surface area contributed by atoms with Crippen molar-refractivity contribution in [3.05, 3.63) is 245 Å². The normalized spacial score (nSPS) is 16.9. The number of fused-ring (bicyclic) bond motifs is 7. The second-order valence-corrected chi connectivity index (χ2v) is 14.8. The van der Waals surface area contributed by atoms with Crippen molar-refractivity contribution in [2.75, 3.05) is 0 Å². The van der Waals surface area contributed by atoms with Gasteiger partial charge in [-0.2, -0.15) is 0 Å². The topological polar surface area (TPSA) is 41.4 Å². The molecule has 0 spiro atoms. The predicted octanol–water partition coefficient (Wildman–Crippen LogP) is 11.5. The molecule has 2 N–H and O–H groups in total. The van der Waals surface area contributed by atoms with Gasteiger partial charge in [-0.05, 0) is 57.1 Å². The first kappa shape index (κ1) is 32.4. The molecule has 1 aromatic heterocycles. The van der Waals surface area contributed by atoms with E-state index in [0.29, 0.717) is 0 Å². The van der Waals surface area contributed by atoms with Gasteiger partial charge in [0.05, 0.1) is 16.4 Å². The number of aliphatic imine (C=N–C) groups is 1. The maximum atomic E-state index is 5.32. The number of rotatable bonds is 6. The summed E-state index contributed by atoms with van der Waals surface area (Å²) >= 11 is 0. The van der Waals surface area contributed by atoms with Gasteiger partial charge in [0.25, 0.3) is 0 Å². The highest BCUT2D eigenvalue weighted by Crippen LogP contribution is 2.59. The quantitative estimate of drug-likeness (QED) is 0.180. The van der Waals surface area contributed by atoms with Crippen LogP contribution >= 0.6 is 0 Å². The fourth-order valence-electron chi connectivity index (χ4n) is 9.38. The fourth-order valence-corrected chi connectivity index (χ4v) is 9.38. The van der Waals surface area contributed by atoms with E-state index in [2.05, 4.69) is 215 Å². The molecular weight excluding hydrogens is 681 g/mol. The number of para-hydroxylation sites is 1. The molecule has 2 atom stereocenters. The Morgan fingerprint density at radius 1 is 0.500 bits per heavy atom. The lowest BCUT2D eigenvalue weighted by molar-refractivity contribution is 0.409. The number of benzene rings is 8. The van der Waals surface area contributed by atoms with Crippen LogP contribution in [0.25, 0.3) is 38.6 Å². The van der Waals surface area contributed by atoms with Crippen LogP contribution in [0.15, 0.2) is 211 Å². The second-order valence-electron chi connectivity index (χ2n) is 14.8. The summed E-state index contributed by atoms with van der Waals surface area (Å²) in [6, 6.07) is 74.7. The van der Waals surface area contributed by atoms with E-state index < -0.39 is 5.41 Å². The van der Waals surface area contributed by atoms with Crippen LogP contribution in [0.4, 0.5) is 0 Å². The van der Waals surface area contributed by atoms with Crippen LogP contribution in [0, 0.1) is 0 Å². The van der Waals surface area contributed by atoms with E-state index in [9.17, 15) is 0 Å². The van der Waals surface area contributed by atoms with Gasteiger partial charge in [0.2, 0.25) is 0 Å². The third-order valence-corrected chi connectivity index (χ3v) is 11.7. The van der Waals surface area contributed by atoms with Crippen molar-refractivity contribution in [3.63, 3.8) is 0 Å². The van der Waals surface area contributed by atoms with E-state index in [1.165, 1.54) is 55.2 Å². The molecule has 11 rings (SSSR count). The Labute approximate surface area is 326 Å². The van der Waals surface area contributed by atoms with Gasteiger partial charge in [-0.1, -0.05) is 188 Å². The minimum atomic E-state index is -0.550. The van der Waals surface area contributed by atoms with Crippen molar-refractivity contribution in [1.82, 2.24) is 15.2 Å². The minimum Gasteiger partial charge on any atom is -0.350 e. The van der Waals surface area contributed by atoms with E-state index in [4.69, 9.17) is 4.99 Å². The second kappa shape index (κ2) is 13.1. The summed E-state index contributed by atoms with van der Waals surface area (Å²) in [5.74, 6) is 0.872. The number of hydrogen-bond acceptors (Lipinski definition) is 3. The Morgan fingerprint density at radius 3 is 1.88 bits per heavy atom. The molecule has 266 valence electrons. The lowest BCUT2D eigenvalue weighted by Crippen LogP contribution is -2.44. The molecule has 2 heterocycles. The van der Waals surface area contributed by atoms with Crippen LogP contribution in [-0.2, 0) is 5.41 Å². The van der Waals surface area contributed by atoms with Crippen LogP contribution in [0.5, 0.6) is 0 Å². The van der Waals surface area contributed by atoms with Crippen LogP contribution in [-0.4, -0.2) is 10.4 Å². The predicted molar refractivity (Wildman–Crippen MR) is 229 cm³/mol. The summed E-state index contributed by atoms with van der Waals surface area (Å²) in [5.41, 5.74) is 13.9. The van der Waals surface area contributed by atoms with Gasteiger partial charge in [0.1, 0.15) is 18.2 Å². The average molecular weight is 719 g/mol. The summed E-state index contributed by atoms with van der Waals surface area (Å²) in [7, 11) is 0. The van der Waals surface area contributed by atoms with E-state index in [0.717, 1.165) is 28.2 Å². The number of aromatic nitrogens is 1. The summed E-state index contributed by atoms with van der Waals surface area (Å²) in [6.45, 7) is 0.